The Morgan fingerprint density at radius 3 is 1.59 bits per heavy atom. The maximum Gasteiger partial charge on any atom is 0.261 e. The lowest BCUT2D eigenvalue weighted by Crippen LogP contribution is -2.66. The fourth-order valence-corrected chi connectivity index (χ4v) is 8.23. The summed E-state index contributed by atoms with van der Waals surface area (Å²) in [4.78, 5) is 0. The van der Waals surface area contributed by atoms with Gasteiger partial charge >= 0.3 is 0 Å². The van der Waals surface area contributed by atoms with E-state index in [1.54, 1.807) is 12.1 Å². The molecule has 140 valence electrons. The van der Waals surface area contributed by atoms with E-state index in [2.05, 4.69) is 69.3 Å². The molecule has 0 aliphatic carbocycles. The van der Waals surface area contributed by atoms with E-state index >= 15 is 0 Å². The van der Waals surface area contributed by atoms with Crippen molar-refractivity contribution >= 4 is 18.7 Å². The van der Waals surface area contributed by atoms with Gasteiger partial charge in [-0.3, -0.25) is 0 Å². The Bertz CT molecular complexity index is 827. The van der Waals surface area contributed by atoms with Crippen molar-refractivity contribution in [1.29, 1.82) is 0 Å². The lowest BCUT2D eigenvalue weighted by atomic mass is 10.2. The lowest BCUT2D eigenvalue weighted by Gasteiger charge is -2.43. The van der Waals surface area contributed by atoms with Gasteiger partial charge in [-0.25, -0.2) is 0 Å². The summed E-state index contributed by atoms with van der Waals surface area (Å²) in [6.07, 6.45) is 0. The first kappa shape index (κ1) is 19.2. The third-order valence-electron chi connectivity index (χ3n) is 4.83. The zero-order chi connectivity index (χ0) is 19.5. The fourth-order valence-electron chi connectivity index (χ4n) is 3.69. The highest BCUT2D eigenvalue weighted by molar-refractivity contribution is 6.99. The van der Waals surface area contributed by atoms with Gasteiger partial charge in [0.25, 0.3) is 8.32 Å². The zero-order valence-electron chi connectivity index (χ0n) is 16.0. The summed E-state index contributed by atoms with van der Waals surface area (Å²) in [6.45, 7) is 6.98. The largest absolute Gasteiger partial charge is 0.508 e. The molecule has 0 fully saturated rings. The van der Waals surface area contributed by atoms with Crippen LogP contribution in [0.25, 0.3) is 0 Å². The van der Waals surface area contributed by atoms with Gasteiger partial charge in [-0.2, -0.15) is 0 Å². The number of phenolic OH excluding ortho intramolecular Hbond substituents is 2. The summed E-state index contributed by atoms with van der Waals surface area (Å²) < 4.78 is 6.78. The van der Waals surface area contributed by atoms with E-state index in [9.17, 15) is 10.2 Å². The van der Waals surface area contributed by atoms with Crippen molar-refractivity contribution in [2.75, 3.05) is 0 Å². The van der Waals surface area contributed by atoms with Gasteiger partial charge in [0.1, 0.15) is 11.5 Å². The monoisotopic (exact) mass is 378 g/mol. The van der Waals surface area contributed by atoms with Crippen LogP contribution in [0.4, 0.5) is 0 Å². The van der Waals surface area contributed by atoms with E-state index in [-0.39, 0.29) is 16.5 Å². The molecule has 0 saturated carbocycles. The number of rotatable bonds is 5. The Balaban J connectivity index is 2.11. The predicted octanol–water partition coefficient (Wildman–Crippen LogP) is 4.17. The van der Waals surface area contributed by atoms with E-state index < -0.39 is 8.32 Å². The summed E-state index contributed by atoms with van der Waals surface area (Å²) in [5.41, 5.74) is 0.750. The van der Waals surface area contributed by atoms with Gasteiger partial charge < -0.3 is 14.6 Å². The lowest BCUT2D eigenvalue weighted by molar-refractivity contribution is 0.285. The fraction of sp³-hybridized carbons (Fsp3) is 0.217. The van der Waals surface area contributed by atoms with Crippen LogP contribution in [-0.2, 0) is 11.0 Å². The highest BCUT2D eigenvalue weighted by atomic mass is 28.4. The maximum atomic E-state index is 9.81. The number of phenols is 2. The molecule has 0 aliphatic heterocycles. The average Bonchev–Trinajstić information content (AvgIpc) is 2.62. The van der Waals surface area contributed by atoms with E-state index in [0.717, 1.165) is 5.56 Å². The van der Waals surface area contributed by atoms with Crippen molar-refractivity contribution < 1.29 is 14.6 Å². The number of benzene rings is 3. The van der Waals surface area contributed by atoms with Crippen molar-refractivity contribution in [2.45, 2.75) is 32.4 Å². The normalized spacial score (nSPS) is 12.1. The van der Waals surface area contributed by atoms with Crippen molar-refractivity contribution in [3.05, 3.63) is 84.4 Å². The minimum atomic E-state index is -2.63. The van der Waals surface area contributed by atoms with Crippen LogP contribution in [0.2, 0.25) is 5.04 Å². The molecular formula is C23H26O3Si. The molecule has 0 saturated heterocycles. The van der Waals surface area contributed by atoms with Gasteiger partial charge in [-0.15, -0.1) is 0 Å². The van der Waals surface area contributed by atoms with E-state index in [0.29, 0.717) is 6.61 Å². The second-order valence-corrected chi connectivity index (χ2v) is 12.1. The first-order chi connectivity index (χ1) is 12.8. The van der Waals surface area contributed by atoms with Crippen molar-refractivity contribution in [3.63, 3.8) is 0 Å². The van der Waals surface area contributed by atoms with Crippen molar-refractivity contribution in [1.82, 2.24) is 0 Å². The summed E-state index contributed by atoms with van der Waals surface area (Å²) in [5.74, 6) is 0.0760. The van der Waals surface area contributed by atoms with Crippen LogP contribution in [0.1, 0.15) is 26.3 Å². The second-order valence-electron chi connectivity index (χ2n) is 7.81. The quantitative estimate of drug-likeness (QED) is 0.655. The molecule has 3 aromatic carbocycles. The first-order valence-corrected chi connectivity index (χ1v) is 11.0. The van der Waals surface area contributed by atoms with Crippen LogP contribution >= 0.6 is 0 Å². The van der Waals surface area contributed by atoms with Gasteiger partial charge in [0, 0.05) is 6.07 Å². The molecule has 0 atom stereocenters. The predicted molar refractivity (Wildman–Crippen MR) is 112 cm³/mol. The van der Waals surface area contributed by atoms with Crippen LogP contribution in [0.3, 0.4) is 0 Å². The summed E-state index contributed by atoms with van der Waals surface area (Å²) in [5, 5.41) is 21.9. The standard InChI is InChI=1S/C23H26O3Si/c1-23(2,3)27(21-10-6-4-7-11-21,22-12-8-5-9-13-22)26-17-18-14-19(24)16-20(25)15-18/h4-16,24-25H,17H2,1-3H3. The molecule has 0 amide bonds. The molecule has 0 heterocycles. The summed E-state index contributed by atoms with van der Waals surface area (Å²) >= 11 is 0. The Morgan fingerprint density at radius 1 is 0.741 bits per heavy atom. The Hall–Kier alpha value is -2.56. The average molecular weight is 379 g/mol. The molecule has 2 N–H and O–H groups in total. The Kier molecular flexibility index (Phi) is 5.40. The second kappa shape index (κ2) is 7.59. The molecule has 27 heavy (non-hydrogen) atoms. The maximum absolute atomic E-state index is 9.81. The molecule has 3 aromatic rings. The molecule has 0 bridgehead atoms. The minimum absolute atomic E-state index is 0.0380. The van der Waals surface area contributed by atoms with Crippen molar-refractivity contribution in [3.8, 4) is 11.5 Å². The van der Waals surface area contributed by atoms with Gasteiger partial charge in [0.15, 0.2) is 0 Å². The highest BCUT2D eigenvalue weighted by Gasteiger charge is 2.50. The van der Waals surface area contributed by atoms with Crippen LogP contribution in [-0.4, -0.2) is 18.5 Å². The van der Waals surface area contributed by atoms with E-state index in [1.807, 2.05) is 12.1 Å². The number of hydrogen-bond donors (Lipinski definition) is 2. The van der Waals surface area contributed by atoms with Crippen LogP contribution < -0.4 is 10.4 Å². The van der Waals surface area contributed by atoms with E-state index in [1.165, 1.54) is 16.4 Å². The van der Waals surface area contributed by atoms with Crippen molar-refractivity contribution in [2.24, 2.45) is 0 Å². The smallest absolute Gasteiger partial charge is 0.261 e. The molecule has 3 rings (SSSR count). The third kappa shape index (κ3) is 3.92. The van der Waals surface area contributed by atoms with Crippen LogP contribution in [0.5, 0.6) is 11.5 Å². The van der Waals surface area contributed by atoms with Gasteiger partial charge in [-0.05, 0) is 33.1 Å². The van der Waals surface area contributed by atoms with Gasteiger partial charge in [0.05, 0.1) is 6.61 Å². The molecule has 0 aromatic heterocycles. The highest BCUT2D eigenvalue weighted by Crippen LogP contribution is 2.37. The first-order valence-electron chi connectivity index (χ1n) is 9.10. The molecule has 0 aliphatic rings. The molecular weight excluding hydrogens is 352 g/mol. The van der Waals surface area contributed by atoms with Gasteiger partial charge in [0.2, 0.25) is 0 Å². The van der Waals surface area contributed by atoms with E-state index in [4.69, 9.17) is 4.43 Å². The Labute approximate surface area is 162 Å². The molecule has 3 nitrogen and oxygen atoms in total. The minimum Gasteiger partial charge on any atom is -0.508 e. The zero-order valence-corrected chi connectivity index (χ0v) is 17.0. The van der Waals surface area contributed by atoms with Gasteiger partial charge in [-0.1, -0.05) is 81.4 Å². The number of aromatic hydroxyl groups is 2. The van der Waals surface area contributed by atoms with Crippen LogP contribution in [0.15, 0.2) is 78.9 Å². The topological polar surface area (TPSA) is 49.7 Å². The molecule has 4 heteroatoms. The summed E-state index contributed by atoms with van der Waals surface area (Å²) in [7, 11) is -2.63. The molecule has 0 spiro atoms. The van der Waals surface area contributed by atoms with Crippen LogP contribution in [0, 0.1) is 0 Å². The Morgan fingerprint density at radius 2 is 1.19 bits per heavy atom. The summed E-state index contributed by atoms with van der Waals surface area (Å²) in [6, 6.07) is 25.4. The SMILES string of the molecule is CC(C)(C)[Si](OCc1cc(O)cc(O)c1)(c1ccccc1)c1ccccc1. The molecule has 0 radical (unpaired) electrons. The number of hydrogen-bond acceptors (Lipinski definition) is 3. The third-order valence-corrected chi connectivity index (χ3v) is 9.82. The molecule has 0 unspecified atom stereocenters.